The van der Waals surface area contributed by atoms with E-state index in [-0.39, 0.29) is 0 Å². The van der Waals surface area contributed by atoms with Crippen LogP contribution in [0.1, 0.15) is 19.5 Å². The molecule has 0 aliphatic heterocycles. The van der Waals surface area contributed by atoms with Crippen LogP contribution >= 0.6 is 11.8 Å². The molecule has 0 radical (unpaired) electrons. The molecular formula is C15H19N3OS. The van der Waals surface area contributed by atoms with Crippen LogP contribution in [0.4, 0.5) is 0 Å². The molecule has 5 heteroatoms. The van der Waals surface area contributed by atoms with Crippen LogP contribution in [0, 0.1) is 0 Å². The Morgan fingerprint density at radius 1 is 1.15 bits per heavy atom. The number of thioether (sulfide) groups is 1. The average Bonchev–Trinajstić information content (AvgIpc) is 2.47. The molecule has 0 saturated carbocycles. The van der Waals surface area contributed by atoms with Gasteiger partial charge in [0.05, 0.1) is 5.69 Å². The molecular weight excluding hydrogens is 270 g/mol. The summed E-state index contributed by atoms with van der Waals surface area (Å²) in [5.41, 5.74) is 0.907. The Morgan fingerprint density at radius 2 is 1.95 bits per heavy atom. The summed E-state index contributed by atoms with van der Waals surface area (Å²) in [6.45, 7) is 4.92. The van der Waals surface area contributed by atoms with Gasteiger partial charge in [-0.1, -0.05) is 26.0 Å². The highest BCUT2D eigenvalue weighted by atomic mass is 32.2. The Kier molecular flexibility index (Phi) is 5.38. The number of rotatable bonds is 6. The van der Waals surface area contributed by atoms with Crippen LogP contribution in [0.3, 0.4) is 0 Å². The molecule has 2 rings (SSSR count). The first-order chi connectivity index (χ1) is 9.69. The second-order valence-electron chi connectivity index (χ2n) is 4.65. The smallest absolute Gasteiger partial charge is 0.238 e. The van der Waals surface area contributed by atoms with E-state index >= 15 is 0 Å². The van der Waals surface area contributed by atoms with E-state index in [2.05, 4.69) is 29.4 Å². The Hall–Kier alpha value is -1.59. The molecule has 0 atom stereocenters. The number of hydrogen-bond donors (Lipinski definition) is 1. The maximum atomic E-state index is 5.77. The zero-order valence-corrected chi connectivity index (χ0v) is 12.8. The van der Waals surface area contributed by atoms with Crippen molar-refractivity contribution in [3.8, 4) is 11.6 Å². The molecule has 1 aromatic carbocycles. The lowest BCUT2D eigenvalue weighted by atomic mass is 10.3. The first-order valence-corrected chi connectivity index (χ1v) is 7.78. The van der Waals surface area contributed by atoms with Crippen molar-refractivity contribution in [3.63, 3.8) is 0 Å². The molecule has 1 N–H and O–H groups in total. The van der Waals surface area contributed by atoms with Crippen molar-refractivity contribution < 1.29 is 4.74 Å². The molecule has 0 fully saturated rings. The highest BCUT2D eigenvalue weighted by Gasteiger charge is 2.05. The lowest BCUT2D eigenvalue weighted by Crippen LogP contribution is -2.22. The summed E-state index contributed by atoms with van der Waals surface area (Å²) in [5, 5.41) is 11.6. The van der Waals surface area contributed by atoms with Crippen molar-refractivity contribution in [2.75, 3.05) is 6.26 Å². The van der Waals surface area contributed by atoms with Crippen LogP contribution in [-0.4, -0.2) is 22.5 Å². The minimum atomic E-state index is 0.432. The SMILES string of the molecule is CSc1ccccc1Oc1ccc(CNC(C)C)nn1. The molecule has 1 heterocycles. The standard InChI is InChI=1S/C15H19N3OS/c1-11(2)16-10-12-8-9-15(18-17-12)19-13-6-4-5-7-14(13)20-3/h4-9,11,16H,10H2,1-3H3. The lowest BCUT2D eigenvalue weighted by Gasteiger charge is -2.09. The second kappa shape index (κ2) is 7.26. The predicted octanol–water partition coefficient (Wildman–Crippen LogP) is 3.49. The quantitative estimate of drug-likeness (QED) is 0.825. The Morgan fingerprint density at radius 3 is 2.60 bits per heavy atom. The molecule has 0 aliphatic rings. The third-order valence-electron chi connectivity index (χ3n) is 2.67. The van der Waals surface area contributed by atoms with Crippen molar-refractivity contribution in [2.45, 2.75) is 31.3 Å². The van der Waals surface area contributed by atoms with Gasteiger partial charge in [-0.2, -0.15) is 5.10 Å². The summed E-state index contributed by atoms with van der Waals surface area (Å²) in [5.74, 6) is 1.32. The summed E-state index contributed by atoms with van der Waals surface area (Å²) in [6.07, 6.45) is 2.02. The maximum Gasteiger partial charge on any atom is 0.238 e. The molecule has 106 valence electrons. The number of benzene rings is 1. The summed E-state index contributed by atoms with van der Waals surface area (Å²) in [6, 6.07) is 12.1. The fraction of sp³-hybridized carbons (Fsp3) is 0.333. The molecule has 20 heavy (non-hydrogen) atoms. The average molecular weight is 289 g/mol. The van der Waals surface area contributed by atoms with Gasteiger partial charge in [-0.25, -0.2) is 0 Å². The topological polar surface area (TPSA) is 47.0 Å². The summed E-state index contributed by atoms with van der Waals surface area (Å²) >= 11 is 1.65. The number of para-hydroxylation sites is 1. The molecule has 0 bridgehead atoms. The first-order valence-electron chi connectivity index (χ1n) is 6.56. The molecule has 2 aromatic rings. The van der Waals surface area contributed by atoms with Crippen LogP contribution in [0.25, 0.3) is 0 Å². The van der Waals surface area contributed by atoms with Crippen molar-refractivity contribution in [1.82, 2.24) is 15.5 Å². The molecule has 0 amide bonds. The fourth-order valence-electron chi connectivity index (χ4n) is 1.62. The van der Waals surface area contributed by atoms with E-state index in [9.17, 15) is 0 Å². The van der Waals surface area contributed by atoms with E-state index in [4.69, 9.17) is 4.74 Å². The van der Waals surface area contributed by atoms with Crippen molar-refractivity contribution in [1.29, 1.82) is 0 Å². The van der Waals surface area contributed by atoms with Crippen LogP contribution in [0.2, 0.25) is 0 Å². The maximum absolute atomic E-state index is 5.77. The van der Waals surface area contributed by atoms with Gasteiger partial charge in [0.15, 0.2) is 0 Å². The van der Waals surface area contributed by atoms with E-state index in [1.807, 2.05) is 42.7 Å². The Balaban J connectivity index is 2.03. The number of nitrogens with one attached hydrogen (secondary N) is 1. The van der Waals surface area contributed by atoms with Crippen LogP contribution in [0.15, 0.2) is 41.3 Å². The van der Waals surface area contributed by atoms with E-state index in [0.29, 0.717) is 18.5 Å². The molecule has 0 saturated heterocycles. The lowest BCUT2D eigenvalue weighted by molar-refractivity contribution is 0.442. The van der Waals surface area contributed by atoms with E-state index in [0.717, 1.165) is 16.3 Å². The zero-order chi connectivity index (χ0) is 14.4. The van der Waals surface area contributed by atoms with Gasteiger partial charge in [0.1, 0.15) is 5.75 Å². The van der Waals surface area contributed by atoms with Gasteiger partial charge < -0.3 is 10.1 Å². The third kappa shape index (κ3) is 4.21. The van der Waals surface area contributed by atoms with E-state index in [1.54, 1.807) is 11.8 Å². The number of ether oxygens (including phenoxy) is 1. The monoisotopic (exact) mass is 289 g/mol. The normalized spacial score (nSPS) is 10.8. The van der Waals surface area contributed by atoms with Crippen LogP contribution in [0.5, 0.6) is 11.6 Å². The molecule has 0 unspecified atom stereocenters. The summed E-state index contributed by atoms with van der Waals surface area (Å²) in [7, 11) is 0. The van der Waals surface area contributed by atoms with Crippen LogP contribution < -0.4 is 10.1 Å². The number of aromatic nitrogens is 2. The van der Waals surface area contributed by atoms with Gasteiger partial charge in [0, 0.05) is 23.5 Å². The molecule has 0 spiro atoms. The third-order valence-corrected chi connectivity index (χ3v) is 3.45. The number of nitrogens with zero attached hydrogens (tertiary/aromatic N) is 2. The van der Waals surface area contributed by atoms with Gasteiger partial charge in [-0.3, -0.25) is 0 Å². The second-order valence-corrected chi connectivity index (χ2v) is 5.50. The van der Waals surface area contributed by atoms with Gasteiger partial charge in [-0.15, -0.1) is 16.9 Å². The number of hydrogen-bond acceptors (Lipinski definition) is 5. The molecule has 1 aromatic heterocycles. The fourth-order valence-corrected chi connectivity index (χ4v) is 2.15. The van der Waals surface area contributed by atoms with Crippen molar-refractivity contribution in [3.05, 3.63) is 42.1 Å². The van der Waals surface area contributed by atoms with Gasteiger partial charge in [0.25, 0.3) is 0 Å². The van der Waals surface area contributed by atoms with Crippen LogP contribution in [-0.2, 0) is 6.54 Å². The first kappa shape index (κ1) is 14.8. The zero-order valence-electron chi connectivity index (χ0n) is 12.0. The highest BCUT2D eigenvalue weighted by Crippen LogP contribution is 2.30. The van der Waals surface area contributed by atoms with Gasteiger partial charge in [0.2, 0.25) is 5.88 Å². The van der Waals surface area contributed by atoms with E-state index < -0.39 is 0 Å². The minimum absolute atomic E-state index is 0.432. The molecule has 4 nitrogen and oxygen atoms in total. The van der Waals surface area contributed by atoms with Gasteiger partial charge >= 0.3 is 0 Å². The molecule has 0 aliphatic carbocycles. The Bertz CT molecular complexity index is 543. The predicted molar refractivity (Wildman–Crippen MR) is 82.3 cm³/mol. The summed E-state index contributed by atoms with van der Waals surface area (Å²) in [4.78, 5) is 1.08. The van der Waals surface area contributed by atoms with Crippen molar-refractivity contribution in [2.24, 2.45) is 0 Å². The minimum Gasteiger partial charge on any atom is -0.436 e. The highest BCUT2D eigenvalue weighted by molar-refractivity contribution is 7.98. The van der Waals surface area contributed by atoms with E-state index in [1.165, 1.54) is 0 Å². The largest absolute Gasteiger partial charge is 0.436 e. The van der Waals surface area contributed by atoms with Crippen molar-refractivity contribution >= 4 is 11.8 Å². The Labute approximate surface area is 124 Å². The van der Waals surface area contributed by atoms with Gasteiger partial charge in [-0.05, 0) is 24.5 Å². The summed E-state index contributed by atoms with van der Waals surface area (Å²) < 4.78 is 5.77.